The van der Waals surface area contributed by atoms with Crippen molar-refractivity contribution in [1.82, 2.24) is 0 Å². The second kappa shape index (κ2) is 9.26. The van der Waals surface area contributed by atoms with Crippen LogP contribution in [0, 0.1) is 11.3 Å². The predicted octanol–water partition coefficient (Wildman–Crippen LogP) is 6.55. The molecular weight excluding hydrogens is 460 g/mol. The summed E-state index contributed by atoms with van der Waals surface area (Å²) in [4.78, 5) is 10.3. The average Bonchev–Trinajstić information content (AvgIpc) is 2.47. The number of benzene rings is 2. The maximum Gasteiger partial charge on any atom is 0.212 e. The van der Waals surface area contributed by atoms with Gasteiger partial charge in [-0.2, -0.15) is 5.26 Å². The fraction of sp³-hybridized carbons (Fsp3) is 0.0667. The van der Waals surface area contributed by atoms with E-state index in [9.17, 15) is 9.18 Å². The average molecular weight is 468 g/mol. The van der Waals surface area contributed by atoms with Crippen LogP contribution in [0.25, 0.3) is 0 Å². The third kappa shape index (κ3) is 5.69. The highest BCUT2D eigenvalue weighted by Crippen LogP contribution is 2.28. The van der Waals surface area contributed by atoms with Crippen molar-refractivity contribution in [2.24, 2.45) is 0 Å². The van der Waals surface area contributed by atoms with Crippen molar-refractivity contribution in [3.05, 3.63) is 66.5 Å². The van der Waals surface area contributed by atoms with E-state index in [0.717, 1.165) is 10.8 Å². The number of hydrogen-bond donors (Lipinski definition) is 0. The van der Waals surface area contributed by atoms with Crippen LogP contribution in [-0.4, -0.2) is 6.29 Å². The number of hydrogen-bond acceptors (Lipinski definition) is 2. The standard InChI is InChI=1S/C8H4BrClFN.C7H4BrClO/c9-7-3-5(10)1-2-6(7)8(11)4-12;8-7-3-6(9)2-1-5(7)4-10/h1-3,8H;1-4H. The van der Waals surface area contributed by atoms with Gasteiger partial charge in [-0.15, -0.1) is 0 Å². The molecule has 0 saturated heterocycles. The van der Waals surface area contributed by atoms with Gasteiger partial charge in [0, 0.05) is 30.1 Å². The van der Waals surface area contributed by atoms with Crippen LogP contribution in [0.15, 0.2) is 45.3 Å². The number of nitriles is 1. The zero-order chi connectivity index (χ0) is 16.7. The highest BCUT2D eigenvalue weighted by molar-refractivity contribution is 9.10. The Kier molecular flexibility index (Phi) is 8.05. The lowest BCUT2D eigenvalue weighted by molar-refractivity contribution is 0.112. The first-order valence-corrected chi connectivity index (χ1v) is 8.12. The summed E-state index contributed by atoms with van der Waals surface area (Å²) >= 11 is 17.6. The van der Waals surface area contributed by atoms with Gasteiger partial charge >= 0.3 is 0 Å². The van der Waals surface area contributed by atoms with Crippen molar-refractivity contribution < 1.29 is 9.18 Å². The van der Waals surface area contributed by atoms with Gasteiger partial charge < -0.3 is 0 Å². The number of rotatable bonds is 2. The molecule has 0 aliphatic carbocycles. The van der Waals surface area contributed by atoms with E-state index in [4.69, 9.17) is 28.5 Å². The predicted molar refractivity (Wildman–Crippen MR) is 93.2 cm³/mol. The molecule has 0 aromatic heterocycles. The number of aldehydes is 1. The van der Waals surface area contributed by atoms with Crippen molar-refractivity contribution in [2.75, 3.05) is 0 Å². The lowest BCUT2D eigenvalue weighted by Crippen LogP contribution is -1.88. The maximum absolute atomic E-state index is 12.8. The normalized spacial score (nSPS) is 10.9. The van der Waals surface area contributed by atoms with Crippen LogP contribution in [0.1, 0.15) is 22.1 Å². The molecule has 0 fully saturated rings. The van der Waals surface area contributed by atoms with Gasteiger partial charge in [0.15, 0.2) is 6.29 Å². The Hall–Kier alpha value is -0.930. The maximum atomic E-state index is 12.8. The SMILES string of the molecule is N#CC(F)c1ccc(Cl)cc1Br.O=Cc1ccc(Cl)cc1Br. The van der Waals surface area contributed by atoms with E-state index in [0.29, 0.717) is 25.6 Å². The molecule has 0 bridgehead atoms. The van der Waals surface area contributed by atoms with E-state index in [1.807, 2.05) is 0 Å². The van der Waals surface area contributed by atoms with Crippen molar-refractivity contribution >= 4 is 61.3 Å². The van der Waals surface area contributed by atoms with Crippen molar-refractivity contribution in [1.29, 1.82) is 5.26 Å². The molecule has 7 heteroatoms. The van der Waals surface area contributed by atoms with Gasteiger partial charge in [-0.25, -0.2) is 4.39 Å². The molecular formula is C15H8Br2Cl2FNO. The summed E-state index contributed by atoms with van der Waals surface area (Å²) < 4.78 is 14.1. The van der Waals surface area contributed by atoms with Crippen molar-refractivity contribution in [3.8, 4) is 6.07 Å². The third-order valence-corrected chi connectivity index (χ3v) is 4.28. The smallest absolute Gasteiger partial charge is 0.212 e. The van der Waals surface area contributed by atoms with Crippen LogP contribution in [0.5, 0.6) is 0 Å². The van der Waals surface area contributed by atoms with Gasteiger partial charge in [0.05, 0.1) is 0 Å². The van der Waals surface area contributed by atoms with Gasteiger partial charge in [-0.1, -0.05) is 61.1 Å². The van der Waals surface area contributed by atoms with Crippen LogP contribution in [0.2, 0.25) is 10.0 Å². The second-order valence-electron chi connectivity index (χ2n) is 3.94. The molecule has 0 spiro atoms. The summed E-state index contributed by atoms with van der Waals surface area (Å²) in [5.74, 6) is 0. The zero-order valence-electron chi connectivity index (χ0n) is 10.9. The highest BCUT2D eigenvalue weighted by atomic mass is 79.9. The molecule has 22 heavy (non-hydrogen) atoms. The number of carbonyl (C=O) groups is 1. The van der Waals surface area contributed by atoms with Crippen LogP contribution < -0.4 is 0 Å². The van der Waals surface area contributed by atoms with Gasteiger partial charge in [0.2, 0.25) is 6.17 Å². The van der Waals surface area contributed by atoms with E-state index in [1.54, 1.807) is 30.3 Å². The monoisotopic (exact) mass is 465 g/mol. The Balaban J connectivity index is 0.000000224. The highest BCUT2D eigenvalue weighted by Gasteiger charge is 2.11. The van der Waals surface area contributed by atoms with Gasteiger partial charge in [-0.05, 0) is 30.3 Å². The van der Waals surface area contributed by atoms with Crippen LogP contribution in [-0.2, 0) is 0 Å². The summed E-state index contributed by atoms with van der Waals surface area (Å²) in [6.07, 6.45) is -0.822. The zero-order valence-corrected chi connectivity index (χ0v) is 15.5. The Bertz CT molecular complexity index is 719. The molecule has 2 aromatic carbocycles. The van der Waals surface area contributed by atoms with Crippen LogP contribution in [0.4, 0.5) is 4.39 Å². The second-order valence-corrected chi connectivity index (χ2v) is 6.52. The van der Waals surface area contributed by atoms with E-state index >= 15 is 0 Å². The third-order valence-electron chi connectivity index (χ3n) is 2.44. The lowest BCUT2D eigenvalue weighted by Gasteiger charge is -2.02. The molecule has 2 aromatic rings. The summed E-state index contributed by atoms with van der Waals surface area (Å²) in [5, 5.41) is 9.44. The number of halogens is 5. The van der Waals surface area contributed by atoms with E-state index in [-0.39, 0.29) is 0 Å². The molecule has 2 nitrogen and oxygen atoms in total. The quantitative estimate of drug-likeness (QED) is 0.470. The molecule has 0 N–H and O–H groups in total. The fourth-order valence-electron chi connectivity index (χ4n) is 1.37. The summed E-state index contributed by atoms with van der Waals surface area (Å²) in [6.45, 7) is 0. The Labute approximate surface area is 154 Å². The number of carbonyl (C=O) groups excluding carboxylic acids is 1. The molecule has 0 radical (unpaired) electrons. The molecule has 2 rings (SSSR count). The molecule has 0 aliphatic heterocycles. The first-order chi connectivity index (χ1) is 10.4. The minimum atomic E-state index is -1.60. The summed E-state index contributed by atoms with van der Waals surface area (Å²) in [6, 6.07) is 11.1. The fourth-order valence-corrected chi connectivity index (χ4v) is 3.03. The topological polar surface area (TPSA) is 40.9 Å². The molecule has 0 saturated carbocycles. The van der Waals surface area contributed by atoms with Gasteiger partial charge in [0.1, 0.15) is 6.07 Å². The molecule has 0 aliphatic rings. The van der Waals surface area contributed by atoms with Gasteiger partial charge in [0.25, 0.3) is 0 Å². The van der Waals surface area contributed by atoms with Crippen LogP contribution in [0.3, 0.4) is 0 Å². The van der Waals surface area contributed by atoms with Gasteiger partial charge in [-0.3, -0.25) is 4.79 Å². The number of alkyl halides is 1. The molecule has 114 valence electrons. The first-order valence-electron chi connectivity index (χ1n) is 5.78. The first kappa shape index (κ1) is 19.1. The van der Waals surface area contributed by atoms with Crippen molar-refractivity contribution in [2.45, 2.75) is 6.17 Å². The van der Waals surface area contributed by atoms with Crippen molar-refractivity contribution in [3.63, 3.8) is 0 Å². The van der Waals surface area contributed by atoms with E-state index in [1.165, 1.54) is 12.1 Å². The molecule has 1 atom stereocenters. The molecule has 1 unspecified atom stereocenters. The number of nitrogens with zero attached hydrogens (tertiary/aromatic N) is 1. The molecule has 0 amide bonds. The Morgan fingerprint density at radius 2 is 1.64 bits per heavy atom. The minimum absolute atomic E-state index is 0.307. The Morgan fingerprint density at radius 1 is 1.09 bits per heavy atom. The molecule has 0 heterocycles. The van der Waals surface area contributed by atoms with E-state index in [2.05, 4.69) is 31.9 Å². The Morgan fingerprint density at radius 3 is 2.09 bits per heavy atom. The van der Waals surface area contributed by atoms with E-state index < -0.39 is 6.17 Å². The summed E-state index contributed by atoms with van der Waals surface area (Å²) in [7, 11) is 0. The minimum Gasteiger partial charge on any atom is -0.298 e. The largest absolute Gasteiger partial charge is 0.298 e. The summed E-state index contributed by atoms with van der Waals surface area (Å²) in [5.41, 5.74) is 0.923. The van der Waals surface area contributed by atoms with Crippen LogP contribution >= 0.6 is 55.1 Å². The lowest BCUT2D eigenvalue weighted by atomic mass is 10.1.